The van der Waals surface area contributed by atoms with Crippen LogP contribution < -0.4 is 0 Å². The Morgan fingerprint density at radius 1 is 1.03 bits per heavy atom. The molecule has 4 aromatic rings. The Hall–Kier alpha value is -3.00. The summed E-state index contributed by atoms with van der Waals surface area (Å²) >= 11 is 1.62. The second-order valence-corrected chi connectivity index (χ2v) is 8.01. The van der Waals surface area contributed by atoms with Gasteiger partial charge in [0.05, 0.1) is 5.69 Å². The fourth-order valence-corrected chi connectivity index (χ4v) is 3.71. The van der Waals surface area contributed by atoms with E-state index in [1.54, 1.807) is 16.4 Å². The minimum absolute atomic E-state index is 0.499. The first kappa shape index (κ1) is 19.3. The molecule has 0 spiro atoms. The number of hydrogen-bond acceptors (Lipinski definition) is 7. The molecule has 7 nitrogen and oxygen atoms in total. The summed E-state index contributed by atoms with van der Waals surface area (Å²) in [6.45, 7) is 4.36. The highest BCUT2D eigenvalue weighted by Crippen LogP contribution is 2.22. The van der Waals surface area contributed by atoms with Crippen molar-refractivity contribution in [2.45, 2.75) is 37.8 Å². The number of rotatable bonds is 8. The Kier molecular flexibility index (Phi) is 6.00. The van der Waals surface area contributed by atoms with Crippen LogP contribution in [0.5, 0.6) is 0 Å². The number of aryl methyl sites for hydroxylation is 1. The summed E-state index contributed by atoms with van der Waals surface area (Å²) in [7, 11) is 0. The van der Waals surface area contributed by atoms with E-state index in [4.69, 9.17) is 4.52 Å². The van der Waals surface area contributed by atoms with Crippen LogP contribution in [-0.4, -0.2) is 36.1 Å². The quantitative estimate of drug-likeness (QED) is 0.313. The monoisotopic (exact) mass is 406 g/mol. The highest BCUT2D eigenvalue weighted by molar-refractivity contribution is 7.99. The Morgan fingerprint density at radius 2 is 1.83 bits per heavy atom. The van der Waals surface area contributed by atoms with E-state index in [1.807, 2.05) is 30.3 Å². The fraction of sp³-hybridized carbons (Fsp3) is 0.286. The van der Waals surface area contributed by atoms with Gasteiger partial charge in [0.25, 0.3) is 0 Å². The van der Waals surface area contributed by atoms with Gasteiger partial charge in [0, 0.05) is 17.7 Å². The molecule has 148 valence electrons. The van der Waals surface area contributed by atoms with E-state index in [0.717, 1.165) is 35.0 Å². The normalized spacial score (nSPS) is 11.3. The minimum atomic E-state index is 0.499. The standard InChI is InChI=1S/C21H22N6OS/c1-15(2)16-10-12-18(13-11-16)27-21(23-25-26-27)29-14-6-9-19-22-20(24-28-19)17-7-4-3-5-8-17/h3-5,7-8,10-13,15H,6,9,14H2,1-2H3. The van der Waals surface area contributed by atoms with Crippen molar-refractivity contribution in [3.05, 3.63) is 66.1 Å². The van der Waals surface area contributed by atoms with E-state index in [1.165, 1.54) is 5.56 Å². The average Bonchev–Trinajstić information content (AvgIpc) is 3.42. The summed E-state index contributed by atoms with van der Waals surface area (Å²) in [6.07, 6.45) is 1.61. The lowest BCUT2D eigenvalue weighted by atomic mass is 10.0. The van der Waals surface area contributed by atoms with Crippen molar-refractivity contribution < 1.29 is 4.52 Å². The molecule has 0 bridgehead atoms. The Morgan fingerprint density at radius 3 is 2.59 bits per heavy atom. The van der Waals surface area contributed by atoms with E-state index in [0.29, 0.717) is 17.6 Å². The number of benzene rings is 2. The molecule has 0 saturated carbocycles. The lowest BCUT2D eigenvalue weighted by Gasteiger charge is -2.07. The molecule has 8 heteroatoms. The van der Waals surface area contributed by atoms with Crippen LogP contribution in [-0.2, 0) is 6.42 Å². The van der Waals surface area contributed by atoms with E-state index in [-0.39, 0.29) is 0 Å². The van der Waals surface area contributed by atoms with Gasteiger partial charge in [0.2, 0.25) is 16.9 Å². The zero-order valence-electron chi connectivity index (χ0n) is 16.4. The van der Waals surface area contributed by atoms with Crippen molar-refractivity contribution in [1.29, 1.82) is 0 Å². The molecular formula is C21H22N6OS. The van der Waals surface area contributed by atoms with Gasteiger partial charge in [-0.1, -0.05) is 73.2 Å². The van der Waals surface area contributed by atoms with Gasteiger partial charge in [-0.15, -0.1) is 5.10 Å². The second-order valence-electron chi connectivity index (χ2n) is 6.95. The molecule has 2 aromatic heterocycles. The van der Waals surface area contributed by atoms with Crippen LogP contribution >= 0.6 is 11.8 Å². The summed E-state index contributed by atoms with van der Waals surface area (Å²) < 4.78 is 7.14. The summed E-state index contributed by atoms with van der Waals surface area (Å²) in [4.78, 5) is 4.47. The van der Waals surface area contributed by atoms with Crippen LogP contribution in [0.3, 0.4) is 0 Å². The first-order chi connectivity index (χ1) is 14.2. The molecule has 0 radical (unpaired) electrons. The van der Waals surface area contributed by atoms with Crippen molar-refractivity contribution in [2.75, 3.05) is 5.75 Å². The Bertz CT molecular complexity index is 1040. The van der Waals surface area contributed by atoms with Gasteiger partial charge in [-0.05, 0) is 40.5 Å². The number of aromatic nitrogens is 6. The summed E-state index contributed by atoms with van der Waals surface area (Å²) in [6, 6.07) is 18.2. The van der Waals surface area contributed by atoms with Gasteiger partial charge in [-0.25, -0.2) is 0 Å². The molecule has 0 aliphatic carbocycles. The van der Waals surface area contributed by atoms with E-state index < -0.39 is 0 Å². The number of thioether (sulfide) groups is 1. The van der Waals surface area contributed by atoms with Gasteiger partial charge in [-0.2, -0.15) is 9.67 Å². The molecule has 0 fully saturated rings. The number of hydrogen-bond donors (Lipinski definition) is 0. The smallest absolute Gasteiger partial charge is 0.226 e. The van der Waals surface area contributed by atoms with Crippen molar-refractivity contribution in [3.8, 4) is 17.1 Å². The molecular weight excluding hydrogens is 384 g/mol. The van der Waals surface area contributed by atoms with Crippen LogP contribution in [0.2, 0.25) is 0 Å². The van der Waals surface area contributed by atoms with E-state index in [9.17, 15) is 0 Å². The van der Waals surface area contributed by atoms with Crippen molar-refractivity contribution in [3.63, 3.8) is 0 Å². The average molecular weight is 407 g/mol. The largest absolute Gasteiger partial charge is 0.339 e. The highest BCUT2D eigenvalue weighted by atomic mass is 32.2. The second kappa shape index (κ2) is 9.00. The molecule has 0 aliphatic rings. The third kappa shape index (κ3) is 4.71. The third-order valence-electron chi connectivity index (χ3n) is 4.51. The van der Waals surface area contributed by atoms with Gasteiger partial charge in [0.15, 0.2) is 0 Å². The maximum absolute atomic E-state index is 5.36. The predicted octanol–water partition coefficient (Wildman–Crippen LogP) is 4.56. The molecule has 0 N–H and O–H groups in total. The van der Waals surface area contributed by atoms with Crippen molar-refractivity contribution >= 4 is 11.8 Å². The number of tetrazole rings is 1. The van der Waals surface area contributed by atoms with Gasteiger partial charge in [-0.3, -0.25) is 0 Å². The molecule has 0 saturated heterocycles. The lowest BCUT2D eigenvalue weighted by molar-refractivity contribution is 0.378. The van der Waals surface area contributed by atoms with Crippen LogP contribution in [0.4, 0.5) is 0 Å². The first-order valence-corrected chi connectivity index (χ1v) is 10.6. The molecule has 0 aliphatic heterocycles. The zero-order valence-corrected chi connectivity index (χ0v) is 17.2. The Labute approximate surface area is 173 Å². The summed E-state index contributed by atoms with van der Waals surface area (Å²) in [5, 5.41) is 16.9. The first-order valence-electron chi connectivity index (χ1n) is 9.60. The van der Waals surface area contributed by atoms with E-state index in [2.05, 4.69) is 63.8 Å². The number of nitrogens with zero attached hydrogens (tertiary/aromatic N) is 6. The van der Waals surface area contributed by atoms with Crippen LogP contribution in [0.15, 0.2) is 64.3 Å². The topological polar surface area (TPSA) is 82.5 Å². The van der Waals surface area contributed by atoms with Crippen LogP contribution in [0, 0.1) is 0 Å². The molecule has 0 atom stereocenters. The van der Waals surface area contributed by atoms with Crippen LogP contribution in [0.1, 0.15) is 37.6 Å². The molecule has 2 heterocycles. The molecule has 0 unspecified atom stereocenters. The Balaban J connectivity index is 1.32. The molecule has 29 heavy (non-hydrogen) atoms. The zero-order chi connectivity index (χ0) is 20.1. The van der Waals surface area contributed by atoms with Gasteiger partial charge >= 0.3 is 0 Å². The fourth-order valence-electron chi connectivity index (χ4n) is 2.88. The minimum Gasteiger partial charge on any atom is -0.339 e. The summed E-state index contributed by atoms with van der Waals surface area (Å²) in [5.74, 6) is 2.63. The van der Waals surface area contributed by atoms with Crippen molar-refractivity contribution in [1.82, 2.24) is 30.3 Å². The van der Waals surface area contributed by atoms with Gasteiger partial charge in [0.1, 0.15) is 0 Å². The van der Waals surface area contributed by atoms with E-state index >= 15 is 0 Å². The van der Waals surface area contributed by atoms with Crippen LogP contribution in [0.25, 0.3) is 17.1 Å². The predicted molar refractivity (Wildman–Crippen MR) is 112 cm³/mol. The molecule has 4 rings (SSSR count). The summed E-state index contributed by atoms with van der Waals surface area (Å²) in [5.41, 5.74) is 3.22. The van der Waals surface area contributed by atoms with Crippen molar-refractivity contribution in [2.24, 2.45) is 0 Å². The third-order valence-corrected chi connectivity index (χ3v) is 5.52. The van der Waals surface area contributed by atoms with Gasteiger partial charge < -0.3 is 4.52 Å². The maximum Gasteiger partial charge on any atom is 0.226 e. The maximum atomic E-state index is 5.36. The highest BCUT2D eigenvalue weighted by Gasteiger charge is 2.11. The SMILES string of the molecule is CC(C)c1ccc(-n2nnnc2SCCCc2nc(-c3ccccc3)no2)cc1. The molecule has 0 amide bonds. The lowest BCUT2D eigenvalue weighted by Crippen LogP contribution is -2.00. The molecule has 2 aromatic carbocycles.